The summed E-state index contributed by atoms with van der Waals surface area (Å²) in [4.78, 5) is 0. The first-order chi connectivity index (χ1) is 12.0. The van der Waals surface area contributed by atoms with E-state index in [9.17, 15) is 10.2 Å². The number of hydrogen-bond acceptors (Lipinski definition) is 2. The molecule has 0 saturated heterocycles. The zero-order chi connectivity index (χ0) is 19.8. The Kier molecular flexibility index (Phi) is 8.34. The summed E-state index contributed by atoms with van der Waals surface area (Å²) in [7, 11) is -2.92. The quantitative estimate of drug-likeness (QED) is 0.605. The second kappa shape index (κ2) is 9.76. The fourth-order valence-electron chi connectivity index (χ4n) is 1.87. The van der Waals surface area contributed by atoms with Crippen molar-refractivity contribution in [3.63, 3.8) is 0 Å². The monoisotopic (exact) mass is 382 g/mol. The lowest BCUT2D eigenvalue weighted by molar-refractivity contribution is 0.336. The molecule has 0 saturated carbocycles. The summed E-state index contributed by atoms with van der Waals surface area (Å²) < 4.78 is 0. The highest BCUT2D eigenvalue weighted by molar-refractivity contribution is 6.84. The molecule has 0 unspecified atom stereocenters. The molecule has 0 heterocycles. The molecule has 0 bridgehead atoms. The van der Waals surface area contributed by atoms with Gasteiger partial charge in [0.15, 0.2) is 0 Å². The van der Waals surface area contributed by atoms with E-state index in [0.717, 1.165) is 22.3 Å². The fraction of sp³-hybridized carbons (Fsp3) is 0.364. The molecule has 4 heteroatoms. The van der Waals surface area contributed by atoms with E-state index in [1.165, 1.54) is 0 Å². The van der Waals surface area contributed by atoms with Crippen molar-refractivity contribution < 1.29 is 10.2 Å². The Morgan fingerprint density at radius 3 is 1.27 bits per heavy atom. The molecule has 0 radical (unpaired) electrons. The summed E-state index contributed by atoms with van der Waals surface area (Å²) in [5.74, 6) is 6.22. The van der Waals surface area contributed by atoms with Crippen molar-refractivity contribution in [2.45, 2.75) is 39.3 Å². The van der Waals surface area contributed by atoms with Gasteiger partial charge in [0.05, 0.1) is 13.2 Å². The van der Waals surface area contributed by atoms with Gasteiger partial charge in [-0.1, -0.05) is 75.4 Å². The van der Waals surface area contributed by atoms with E-state index >= 15 is 0 Å². The molecular formula is C22H30O2Si2. The standard InChI is InChI=1S/C22H30O2Si2/c1-25(2,3)13-11-21(17-23)15-19-7-9-20(10-8-19)16-22(18-24)12-14-26(4,5)6/h7-10,15-16,23-24H,17-18H2,1-6H3/b21-15-,22-16+. The minimum Gasteiger partial charge on any atom is -0.391 e. The average Bonchev–Trinajstić information content (AvgIpc) is 2.55. The summed E-state index contributed by atoms with van der Waals surface area (Å²) in [6.07, 6.45) is 3.83. The molecule has 1 rings (SSSR count). The minimum absolute atomic E-state index is 0.0555. The van der Waals surface area contributed by atoms with Gasteiger partial charge >= 0.3 is 0 Å². The van der Waals surface area contributed by atoms with Crippen LogP contribution in [0.3, 0.4) is 0 Å². The summed E-state index contributed by atoms with van der Waals surface area (Å²) in [5, 5.41) is 19.0. The SMILES string of the molecule is C[Si](C)(C)C#C/C(=C/c1ccc(/C=C(\C#C[Si](C)(C)C)CO)cc1)CO. The van der Waals surface area contributed by atoms with Crippen LogP contribution >= 0.6 is 0 Å². The summed E-state index contributed by atoms with van der Waals surface area (Å²) in [6.45, 7) is 13.0. The predicted molar refractivity (Wildman–Crippen MR) is 119 cm³/mol. The Morgan fingerprint density at radius 1 is 0.731 bits per heavy atom. The normalized spacial score (nSPS) is 12.8. The minimum atomic E-state index is -1.46. The lowest BCUT2D eigenvalue weighted by Crippen LogP contribution is -2.16. The Labute approximate surface area is 160 Å². The summed E-state index contributed by atoms with van der Waals surface area (Å²) in [6, 6.07) is 7.94. The van der Waals surface area contributed by atoms with E-state index in [-0.39, 0.29) is 13.2 Å². The fourth-order valence-corrected chi connectivity index (χ4v) is 2.94. The zero-order valence-electron chi connectivity index (χ0n) is 16.8. The molecule has 2 N–H and O–H groups in total. The summed E-state index contributed by atoms with van der Waals surface area (Å²) in [5.41, 5.74) is 10.0. The van der Waals surface area contributed by atoms with Crippen molar-refractivity contribution in [2.75, 3.05) is 13.2 Å². The van der Waals surface area contributed by atoms with E-state index in [1.807, 2.05) is 36.4 Å². The molecule has 1 aromatic rings. The largest absolute Gasteiger partial charge is 0.391 e. The number of aliphatic hydroxyl groups excluding tert-OH is 2. The first kappa shape index (κ1) is 22.2. The van der Waals surface area contributed by atoms with Crippen LogP contribution in [0.5, 0.6) is 0 Å². The zero-order valence-corrected chi connectivity index (χ0v) is 18.8. The summed E-state index contributed by atoms with van der Waals surface area (Å²) >= 11 is 0. The van der Waals surface area contributed by atoms with Crippen LogP contribution in [0.1, 0.15) is 11.1 Å². The van der Waals surface area contributed by atoms with E-state index < -0.39 is 16.1 Å². The van der Waals surface area contributed by atoms with Crippen LogP contribution in [0.15, 0.2) is 35.4 Å². The molecule has 2 nitrogen and oxygen atoms in total. The molecule has 0 atom stereocenters. The highest BCUT2D eigenvalue weighted by Gasteiger charge is 2.08. The second-order valence-corrected chi connectivity index (χ2v) is 17.8. The Hall–Kier alpha value is -1.83. The van der Waals surface area contributed by atoms with Crippen LogP contribution in [0, 0.1) is 22.9 Å². The maximum atomic E-state index is 9.51. The van der Waals surface area contributed by atoms with Crippen LogP contribution in [-0.2, 0) is 0 Å². The molecule has 0 amide bonds. The number of aliphatic hydroxyl groups is 2. The Morgan fingerprint density at radius 2 is 1.04 bits per heavy atom. The first-order valence-corrected chi connectivity index (χ1v) is 15.8. The lowest BCUT2D eigenvalue weighted by atomic mass is 10.1. The van der Waals surface area contributed by atoms with Crippen molar-refractivity contribution in [3.05, 3.63) is 46.5 Å². The van der Waals surface area contributed by atoms with Gasteiger partial charge in [-0.3, -0.25) is 0 Å². The highest BCUT2D eigenvalue weighted by Crippen LogP contribution is 2.12. The van der Waals surface area contributed by atoms with E-state index in [2.05, 4.69) is 62.2 Å². The maximum absolute atomic E-state index is 9.51. The molecule has 0 aromatic heterocycles. The van der Waals surface area contributed by atoms with Gasteiger partial charge in [-0.15, -0.1) is 11.1 Å². The molecule has 0 spiro atoms. The highest BCUT2D eigenvalue weighted by atomic mass is 28.3. The van der Waals surface area contributed by atoms with Crippen molar-refractivity contribution >= 4 is 28.3 Å². The van der Waals surface area contributed by atoms with E-state index in [4.69, 9.17) is 0 Å². The third-order valence-corrected chi connectivity index (χ3v) is 4.91. The van der Waals surface area contributed by atoms with Gasteiger partial charge in [0.25, 0.3) is 0 Å². The van der Waals surface area contributed by atoms with Gasteiger partial charge in [-0.25, -0.2) is 0 Å². The molecule has 26 heavy (non-hydrogen) atoms. The Bertz CT molecular complexity index is 713. The Balaban J connectivity index is 3.03. The van der Waals surface area contributed by atoms with Crippen molar-refractivity contribution in [1.29, 1.82) is 0 Å². The van der Waals surface area contributed by atoms with Crippen LogP contribution in [0.4, 0.5) is 0 Å². The van der Waals surface area contributed by atoms with Crippen LogP contribution in [-0.4, -0.2) is 39.6 Å². The third-order valence-electron chi connectivity index (χ3n) is 3.16. The molecule has 1 aromatic carbocycles. The van der Waals surface area contributed by atoms with Gasteiger partial charge in [0, 0.05) is 11.1 Å². The van der Waals surface area contributed by atoms with Gasteiger partial charge in [-0.2, -0.15) is 0 Å². The van der Waals surface area contributed by atoms with Gasteiger partial charge in [0.2, 0.25) is 0 Å². The number of hydrogen-bond donors (Lipinski definition) is 2. The lowest BCUT2D eigenvalue weighted by Gasteiger charge is -2.05. The van der Waals surface area contributed by atoms with Crippen LogP contribution < -0.4 is 0 Å². The predicted octanol–water partition coefficient (Wildman–Crippen LogP) is 4.20. The number of benzene rings is 1. The molecule has 0 fully saturated rings. The van der Waals surface area contributed by atoms with Crippen molar-refractivity contribution in [2.24, 2.45) is 0 Å². The number of rotatable bonds is 4. The van der Waals surface area contributed by atoms with Crippen LogP contribution in [0.2, 0.25) is 39.3 Å². The third kappa shape index (κ3) is 9.60. The van der Waals surface area contributed by atoms with Gasteiger partial charge in [0.1, 0.15) is 16.1 Å². The van der Waals surface area contributed by atoms with Crippen molar-refractivity contribution in [1.82, 2.24) is 0 Å². The molecule has 0 aliphatic heterocycles. The average molecular weight is 383 g/mol. The topological polar surface area (TPSA) is 40.5 Å². The van der Waals surface area contributed by atoms with E-state index in [1.54, 1.807) is 0 Å². The molecule has 138 valence electrons. The molecule has 0 aliphatic carbocycles. The van der Waals surface area contributed by atoms with Gasteiger partial charge in [-0.05, 0) is 23.3 Å². The van der Waals surface area contributed by atoms with Gasteiger partial charge < -0.3 is 10.2 Å². The first-order valence-electron chi connectivity index (χ1n) is 8.82. The van der Waals surface area contributed by atoms with Crippen LogP contribution in [0.25, 0.3) is 12.2 Å². The van der Waals surface area contributed by atoms with Crippen molar-refractivity contribution in [3.8, 4) is 22.9 Å². The molecule has 0 aliphatic rings. The smallest absolute Gasteiger partial charge is 0.129 e. The second-order valence-electron chi connectivity index (χ2n) is 8.32. The molecular weight excluding hydrogens is 352 g/mol. The maximum Gasteiger partial charge on any atom is 0.129 e. The van der Waals surface area contributed by atoms with E-state index in [0.29, 0.717) is 0 Å².